The summed E-state index contributed by atoms with van der Waals surface area (Å²) in [5.41, 5.74) is 10.2. The van der Waals surface area contributed by atoms with Gasteiger partial charge >= 0.3 is 0 Å². The van der Waals surface area contributed by atoms with Crippen LogP contribution < -0.4 is 16.4 Å². The number of nitrogens with one attached hydrogen (secondary N) is 2. The highest BCUT2D eigenvalue weighted by molar-refractivity contribution is 5.99. The minimum Gasteiger partial charge on any atom is -0.398 e. The summed E-state index contributed by atoms with van der Waals surface area (Å²) in [7, 11) is 1.56. The lowest BCUT2D eigenvalue weighted by atomic mass is 9.91. The number of aromatic nitrogens is 3. The van der Waals surface area contributed by atoms with Gasteiger partial charge in [0, 0.05) is 30.8 Å². The molecule has 1 aliphatic carbocycles. The van der Waals surface area contributed by atoms with Crippen LogP contribution in [0.4, 0.5) is 21.6 Å². The number of alkyl halides is 1. The number of nitrogens with zero attached hydrogens (tertiary/aromatic N) is 3. The summed E-state index contributed by atoms with van der Waals surface area (Å²) in [6.07, 6.45) is 12.1. The van der Waals surface area contributed by atoms with Crippen LogP contribution in [0.3, 0.4) is 0 Å². The van der Waals surface area contributed by atoms with E-state index in [1.807, 2.05) is 16.7 Å². The van der Waals surface area contributed by atoms with Gasteiger partial charge in [-0.1, -0.05) is 18.2 Å². The lowest BCUT2D eigenvalue weighted by Crippen LogP contribution is -2.19. The second-order valence-electron chi connectivity index (χ2n) is 7.65. The highest BCUT2D eigenvalue weighted by atomic mass is 19.1. The van der Waals surface area contributed by atoms with Crippen LogP contribution in [-0.4, -0.2) is 33.5 Å². The number of rotatable bonds is 6. The first-order valence-electron chi connectivity index (χ1n) is 10.2. The van der Waals surface area contributed by atoms with E-state index in [1.165, 1.54) is 0 Å². The molecule has 1 aromatic carbocycles. The third-order valence-corrected chi connectivity index (χ3v) is 5.33. The number of nitrogen functional groups attached to an aromatic ring is 1. The Hall–Kier alpha value is -3.68. The summed E-state index contributed by atoms with van der Waals surface area (Å²) in [6, 6.07) is 5.13. The highest BCUT2D eigenvalue weighted by Gasteiger charge is 2.16. The fraction of sp³-hybridized carbons (Fsp3) is 0.261. The summed E-state index contributed by atoms with van der Waals surface area (Å²) >= 11 is 0. The van der Waals surface area contributed by atoms with Gasteiger partial charge in [-0.15, -0.1) is 0 Å². The van der Waals surface area contributed by atoms with E-state index in [1.54, 1.807) is 44.6 Å². The molecule has 0 bridgehead atoms. The number of benzene rings is 1. The number of carbonyl (C=O) groups excluding carboxylic acids is 1. The third-order valence-electron chi connectivity index (χ3n) is 5.33. The first-order valence-corrected chi connectivity index (χ1v) is 10.2. The number of allylic oxidation sites excluding steroid dienone is 4. The van der Waals surface area contributed by atoms with Crippen molar-refractivity contribution in [2.75, 3.05) is 18.1 Å². The third kappa shape index (κ3) is 4.28. The summed E-state index contributed by atoms with van der Waals surface area (Å²) in [6.45, 7) is 1.60. The molecule has 160 valence electrons. The zero-order valence-electron chi connectivity index (χ0n) is 17.5. The van der Waals surface area contributed by atoms with Crippen molar-refractivity contribution in [2.24, 2.45) is 5.92 Å². The summed E-state index contributed by atoms with van der Waals surface area (Å²) in [4.78, 5) is 20.8. The number of halogens is 1. The van der Waals surface area contributed by atoms with E-state index in [0.717, 1.165) is 17.7 Å². The maximum absolute atomic E-state index is 13.3. The Morgan fingerprint density at radius 3 is 2.90 bits per heavy atom. The first-order chi connectivity index (χ1) is 15.0. The van der Waals surface area contributed by atoms with Crippen molar-refractivity contribution in [1.82, 2.24) is 19.7 Å². The molecule has 4 N–H and O–H groups in total. The van der Waals surface area contributed by atoms with E-state index in [4.69, 9.17) is 5.73 Å². The number of fused-ring (bicyclic) bond motifs is 1. The SMILES string of the molecule is CNC(=O)c1ccc(Nc2nccn3c(C4=CCC(CC(C)F)C=C4)cnc23)cc1N. The zero-order valence-corrected chi connectivity index (χ0v) is 17.5. The van der Waals surface area contributed by atoms with E-state index in [9.17, 15) is 9.18 Å². The Morgan fingerprint density at radius 1 is 1.39 bits per heavy atom. The van der Waals surface area contributed by atoms with Crippen molar-refractivity contribution in [2.45, 2.75) is 25.9 Å². The molecule has 7 nitrogen and oxygen atoms in total. The average Bonchev–Trinajstić information content (AvgIpc) is 3.19. The van der Waals surface area contributed by atoms with Gasteiger partial charge in [-0.3, -0.25) is 9.20 Å². The van der Waals surface area contributed by atoms with Crippen LogP contribution >= 0.6 is 0 Å². The molecule has 1 amide bonds. The minimum absolute atomic E-state index is 0.227. The number of carbonyl (C=O) groups is 1. The Labute approximate surface area is 179 Å². The molecular weight excluding hydrogens is 395 g/mol. The molecule has 0 aliphatic heterocycles. The molecule has 0 saturated heterocycles. The number of hydrogen-bond acceptors (Lipinski definition) is 5. The van der Waals surface area contributed by atoms with Crippen LogP contribution in [-0.2, 0) is 0 Å². The van der Waals surface area contributed by atoms with Gasteiger partial charge in [-0.2, -0.15) is 0 Å². The van der Waals surface area contributed by atoms with E-state index in [2.05, 4.69) is 32.8 Å². The Balaban J connectivity index is 1.59. The normalized spacial score (nSPS) is 16.7. The van der Waals surface area contributed by atoms with Gasteiger partial charge in [0.2, 0.25) is 0 Å². The average molecular weight is 420 g/mol. The molecular formula is C23H25FN6O. The molecule has 8 heteroatoms. The van der Waals surface area contributed by atoms with Crippen molar-refractivity contribution in [3.05, 3.63) is 66.3 Å². The van der Waals surface area contributed by atoms with E-state index in [0.29, 0.717) is 34.8 Å². The standard InChI is InChI=1S/C23H25FN6O/c1-14(24)11-15-3-5-16(6-4-15)20-13-28-22-21(27-9-10-30(20)22)29-17-7-8-18(19(25)12-17)23(31)26-2/h3,5-10,12-15H,4,11,25H2,1-2H3,(H,26,31)(H,27,29). The Kier molecular flexibility index (Phi) is 5.70. The van der Waals surface area contributed by atoms with Crippen LogP contribution in [0.5, 0.6) is 0 Å². The Morgan fingerprint density at radius 2 is 2.23 bits per heavy atom. The lowest BCUT2D eigenvalue weighted by Gasteiger charge is -2.16. The van der Waals surface area contributed by atoms with Crippen molar-refractivity contribution in [3.8, 4) is 0 Å². The smallest absolute Gasteiger partial charge is 0.253 e. The molecule has 4 rings (SSSR count). The van der Waals surface area contributed by atoms with E-state index >= 15 is 0 Å². The lowest BCUT2D eigenvalue weighted by molar-refractivity contribution is 0.0964. The molecule has 0 fully saturated rings. The van der Waals surface area contributed by atoms with Crippen molar-refractivity contribution in [1.29, 1.82) is 0 Å². The number of nitrogens with two attached hydrogens (primary N) is 1. The van der Waals surface area contributed by atoms with Gasteiger partial charge in [-0.05, 0) is 49.5 Å². The Bertz CT molecular complexity index is 1180. The number of amides is 1. The predicted octanol–water partition coefficient (Wildman–Crippen LogP) is 4.12. The van der Waals surface area contributed by atoms with Gasteiger partial charge in [0.15, 0.2) is 11.5 Å². The maximum atomic E-state index is 13.3. The van der Waals surface area contributed by atoms with Crippen LogP contribution in [0, 0.1) is 5.92 Å². The maximum Gasteiger partial charge on any atom is 0.253 e. The molecule has 0 radical (unpaired) electrons. The molecule has 1 aliphatic rings. The molecule has 0 spiro atoms. The topological polar surface area (TPSA) is 97.3 Å². The zero-order chi connectivity index (χ0) is 22.0. The van der Waals surface area contributed by atoms with Crippen molar-refractivity contribution < 1.29 is 9.18 Å². The summed E-state index contributed by atoms with van der Waals surface area (Å²) < 4.78 is 15.2. The molecule has 2 atom stereocenters. The monoisotopic (exact) mass is 420 g/mol. The molecule has 0 saturated carbocycles. The van der Waals surface area contributed by atoms with Crippen molar-refractivity contribution >= 4 is 34.3 Å². The van der Waals surface area contributed by atoms with Crippen LogP contribution in [0.1, 0.15) is 35.8 Å². The van der Waals surface area contributed by atoms with Crippen LogP contribution in [0.25, 0.3) is 11.2 Å². The van der Waals surface area contributed by atoms with Gasteiger partial charge in [0.1, 0.15) is 0 Å². The fourth-order valence-electron chi connectivity index (χ4n) is 3.79. The number of anilines is 3. The summed E-state index contributed by atoms with van der Waals surface area (Å²) in [5.74, 6) is 0.564. The fourth-order valence-corrected chi connectivity index (χ4v) is 3.79. The van der Waals surface area contributed by atoms with E-state index in [-0.39, 0.29) is 11.8 Å². The second kappa shape index (κ2) is 8.59. The van der Waals surface area contributed by atoms with Crippen LogP contribution in [0.2, 0.25) is 0 Å². The minimum atomic E-state index is -0.806. The van der Waals surface area contributed by atoms with E-state index < -0.39 is 6.17 Å². The molecule has 31 heavy (non-hydrogen) atoms. The van der Waals surface area contributed by atoms with Crippen LogP contribution in [0.15, 0.2) is 55.0 Å². The molecule has 2 unspecified atom stereocenters. The molecule has 2 aromatic heterocycles. The predicted molar refractivity (Wildman–Crippen MR) is 121 cm³/mol. The molecule has 3 aromatic rings. The summed E-state index contributed by atoms with van der Waals surface area (Å²) in [5, 5.41) is 5.80. The number of imidazole rings is 1. The van der Waals surface area contributed by atoms with Gasteiger partial charge in [-0.25, -0.2) is 14.4 Å². The highest BCUT2D eigenvalue weighted by Crippen LogP contribution is 2.29. The molecule has 2 heterocycles. The number of hydrogen-bond donors (Lipinski definition) is 3. The second-order valence-corrected chi connectivity index (χ2v) is 7.65. The first kappa shape index (κ1) is 20.6. The van der Waals surface area contributed by atoms with Crippen molar-refractivity contribution in [3.63, 3.8) is 0 Å². The largest absolute Gasteiger partial charge is 0.398 e. The quantitative estimate of drug-likeness (QED) is 0.521. The van der Waals surface area contributed by atoms with Gasteiger partial charge in [0.25, 0.3) is 5.91 Å². The van der Waals surface area contributed by atoms with Gasteiger partial charge in [0.05, 0.1) is 23.6 Å². The van der Waals surface area contributed by atoms with Gasteiger partial charge < -0.3 is 16.4 Å².